The highest BCUT2D eigenvalue weighted by atomic mass is 32.1. The molecule has 0 bridgehead atoms. The number of hydrogen-bond donors (Lipinski definition) is 1. The SMILES string of the molecule is CCN(CC)C(=Nc1ccccc1C)c1ccccc1C(=O)S. The van der Waals surface area contributed by atoms with Crippen LogP contribution in [0.2, 0.25) is 0 Å². The van der Waals surface area contributed by atoms with E-state index >= 15 is 0 Å². The van der Waals surface area contributed by atoms with Gasteiger partial charge in [0.05, 0.1) is 5.69 Å². The van der Waals surface area contributed by atoms with Crippen molar-refractivity contribution in [1.29, 1.82) is 0 Å². The average molecular weight is 326 g/mol. The minimum atomic E-state index is -0.245. The average Bonchev–Trinajstić information content (AvgIpc) is 2.56. The third kappa shape index (κ3) is 4.02. The van der Waals surface area contributed by atoms with Gasteiger partial charge in [0.1, 0.15) is 5.84 Å². The summed E-state index contributed by atoms with van der Waals surface area (Å²) in [6.07, 6.45) is 0. The molecule has 2 aromatic carbocycles. The maximum Gasteiger partial charge on any atom is 0.217 e. The quantitative estimate of drug-likeness (QED) is 0.499. The highest BCUT2D eigenvalue weighted by molar-refractivity contribution is 7.97. The third-order valence-corrected chi connectivity index (χ3v) is 4.04. The van der Waals surface area contributed by atoms with Crippen molar-refractivity contribution in [3.63, 3.8) is 0 Å². The summed E-state index contributed by atoms with van der Waals surface area (Å²) in [5, 5.41) is -0.245. The second kappa shape index (κ2) is 7.97. The molecule has 0 saturated carbocycles. The number of nitrogens with zero attached hydrogens (tertiary/aromatic N) is 2. The number of hydrogen-bond acceptors (Lipinski definition) is 2. The van der Waals surface area contributed by atoms with Crippen molar-refractivity contribution >= 4 is 29.3 Å². The van der Waals surface area contributed by atoms with Crippen LogP contribution in [0.5, 0.6) is 0 Å². The van der Waals surface area contributed by atoms with Crippen LogP contribution < -0.4 is 0 Å². The molecule has 120 valence electrons. The first-order valence-corrected chi connectivity index (χ1v) is 8.25. The van der Waals surface area contributed by atoms with E-state index in [1.54, 1.807) is 6.07 Å². The summed E-state index contributed by atoms with van der Waals surface area (Å²) in [6.45, 7) is 7.84. The predicted molar refractivity (Wildman–Crippen MR) is 100 cm³/mol. The van der Waals surface area contributed by atoms with Gasteiger partial charge in [-0.1, -0.05) is 36.4 Å². The topological polar surface area (TPSA) is 32.7 Å². The van der Waals surface area contributed by atoms with E-state index in [4.69, 9.17) is 4.99 Å². The molecule has 0 radical (unpaired) electrons. The molecule has 0 N–H and O–H groups in total. The molecule has 23 heavy (non-hydrogen) atoms. The van der Waals surface area contributed by atoms with Gasteiger partial charge in [-0.15, -0.1) is 12.6 Å². The molecule has 0 aliphatic rings. The molecule has 0 unspecified atom stereocenters. The van der Waals surface area contributed by atoms with E-state index in [2.05, 4.69) is 31.4 Å². The Morgan fingerprint density at radius 2 is 1.57 bits per heavy atom. The largest absolute Gasteiger partial charge is 0.357 e. The van der Waals surface area contributed by atoms with Gasteiger partial charge in [-0.05, 0) is 38.5 Å². The minimum absolute atomic E-state index is 0.245. The Labute approximate surface area is 143 Å². The van der Waals surface area contributed by atoms with Gasteiger partial charge in [0.2, 0.25) is 5.12 Å². The first kappa shape index (κ1) is 17.3. The fraction of sp³-hybridized carbons (Fsp3) is 0.263. The van der Waals surface area contributed by atoms with E-state index in [-0.39, 0.29) is 5.12 Å². The van der Waals surface area contributed by atoms with Gasteiger partial charge in [0.15, 0.2) is 0 Å². The standard InChI is InChI=1S/C19H22N2OS/c1-4-21(5-2)18(20-17-13-9-6-10-14(17)3)15-11-7-8-12-16(15)19(22)23/h6-13H,4-5H2,1-3H3,(H,22,23). The molecule has 0 atom stereocenters. The van der Waals surface area contributed by atoms with Crippen molar-refractivity contribution in [2.75, 3.05) is 13.1 Å². The third-order valence-electron chi connectivity index (χ3n) is 3.80. The molecule has 4 heteroatoms. The minimum Gasteiger partial charge on any atom is -0.357 e. The van der Waals surface area contributed by atoms with Crippen LogP contribution in [0.3, 0.4) is 0 Å². The van der Waals surface area contributed by atoms with Gasteiger partial charge in [-0.2, -0.15) is 0 Å². The van der Waals surface area contributed by atoms with Gasteiger partial charge < -0.3 is 4.90 Å². The second-order valence-electron chi connectivity index (χ2n) is 5.24. The lowest BCUT2D eigenvalue weighted by Crippen LogP contribution is -2.32. The number of amidine groups is 1. The van der Waals surface area contributed by atoms with E-state index in [0.717, 1.165) is 35.7 Å². The van der Waals surface area contributed by atoms with Gasteiger partial charge in [0, 0.05) is 24.2 Å². The lowest BCUT2D eigenvalue weighted by molar-refractivity contribution is 0.109. The van der Waals surface area contributed by atoms with Crippen molar-refractivity contribution in [3.05, 3.63) is 65.2 Å². The number of aliphatic imine (C=N–C) groups is 1. The summed E-state index contributed by atoms with van der Waals surface area (Å²) in [5.74, 6) is 0.808. The molecule has 0 aliphatic heterocycles. The molecule has 2 rings (SSSR count). The zero-order valence-corrected chi connectivity index (χ0v) is 14.7. The summed E-state index contributed by atoms with van der Waals surface area (Å²) in [7, 11) is 0. The van der Waals surface area contributed by atoms with Crippen molar-refractivity contribution in [3.8, 4) is 0 Å². The summed E-state index contributed by atoms with van der Waals surface area (Å²) in [6, 6.07) is 15.5. The van der Waals surface area contributed by atoms with Crippen LogP contribution in [0, 0.1) is 6.92 Å². The number of benzene rings is 2. The summed E-state index contributed by atoms with van der Waals surface area (Å²) < 4.78 is 0. The second-order valence-corrected chi connectivity index (χ2v) is 5.65. The zero-order chi connectivity index (χ0) is 16.8. The fourth-order valence-electron chi connectivity index (χ4n) is 2.49. The monoisotopic (exact) mass is 326 g/mol. The number of carbonyl (C=O) groups excluding carboxylic acids is 1. The highest BCUT2D eigenvalue weighted by Gasteiger charge is 2.17. The maximum absolute atomic E-state index is 11.9. The zero-order valence-electron chi connectivity index (χ0n) is 13.8. The molecule has 3 nitrogen and oxygen atoms in total. The maximum atomic E-state index is 11.9. The molecule has 0 heterocycles. The molecule has 2 aromatic rings. The van der Waals surface area contributed by atoms with Crippen molar-refractivity contribution < 1.29 is 4.79 Å². The number of thiol groups is 1. The van der Waals surface area contributed by atoms with Crippen molar-refractivity contribution in [2.45, 2.75) is 20.8 Å². The van der Waals surface area contributed by atoms with E-state index < -0.39 is 0 Å². The predicted octanol–water partition coefficient (Wildman–Crippen LogP) is 4.49. The normalized spacial score (nSPS) is 11.4. The highest BCUT2D eigenvalue weighted by Crippen LogP contribution is 2.22. The molecule has 0 fully saturated rings. The Kier molecular flexibility index (Phi) is 5.99. The van der Waals surface area contributed by atoms with E-state index in [1.165, 1.54) is 0 Å². The molecule has 0 spiro atoms. The Hall–Kier alpha value is -2.07. The lowest BCUT2D eigenvalue weighted by Gasteiger charge is -2.24. The Morgan fingerprint density at radius 3 is 2.13 bits per heavy atom. The Morgan fingerprint density at radius 1 is 1.00 bits per heavy atom. The number of aryl methyl sites for hydroxylation is 1. The number of carbonyl (C=O) groups is 1. The van der Waals surface area contributed by atoms with Gasteiger partial charge in [0.25, 0.3) is 0 Å². The number of rotatable bonds is 5. The smallest absolute Gasteiger partial charge is 0.217 e. The van der Waals surface area contributed by atoms with Crippen molar-refractivity contribution in [2.24, 2.45) is 4.99 Å². The fourth-order valence-corrected chi connectivity index (χ4v) is 2.69. The Bertz CT molecular complexity index is 721. The first-order valence-electron chi connectivity index (χ1n) is 7.80. The van der Waals surface area contributed by atoms with Crippen LogP contribution >= 0.6 is 12.6 Å². The van der Waals surface area contributed by atoms with E-state index in [9.17, 15) is 4.79 Å². The summed E-state index contributed by atoms with van der Waals surface area (Å²) >= 11 is 4.01. The van der Waals surface area contributed by atoms with Crippen LogP contribution in [0.4, 0.5) is 5.69 Å². The van der Waals surface area contributed by atoms with Crippen molar-refractivity contribution in [1.82, 2.24) is 4.90 Å². The molecular formula is C19H22N2OS. The van der Waals surface area contributed by atoms with Crippen LogP contribution in [-0.4, -0.2) is 28.9 Å². The van der Waals surface area contributed by atoms with Crippen LogP contribution in [-0.2, 0) is 0 Å². The molecule has 0 aliphatic carbocycles. The lowest BCUT2D eigenvalue weighted by atomic mass is 10.1. The van der Waals surface area contributed by atoms with E-state index in [1.807, 2.05) is 49.4 Å². The Balaban J connectivity index is 2.65. The van der Waals surface area contributed by atoms with Crippen LogP contribution in [0.1, 0.15) is 35.3 Å². The molecule has 0 saturated heterocycles. The van der Waals surface area contributed by atoms with Gasteiger partial charge >= 0.3 is 0 Å². The summed E-state index contributed by atoms with van der Waals surface area (Å²) in [4.78, 5) is 18.9. The van der Waals surface area contributed by atoms with Crippen LogP contribution in [0.15, 0.2) is 53.5 Å². The first-order chi connectivity index (χ1) is 11.1. The number of para-hydroxylation sites is 1. The summed E-state index contributed by atoms with van der Waals surface area (Å²) in [5.41, 5.74) is 3.41. The molecule has 0 amide bonds. The molecular weight excluding hydrogens is 304 g/mol. The van der Waals surface area contributed by atoms with Gasteiger partial charge in [-0.25, -0.2) is 4.99 Å². The van der Waals surface area contributed by atoms with Crippen LogP contribution in [0.25, 0.3) is 0 Å². The van der Waals surface area contributed by atoms with E-state index in [0.29, 0.717) is 5.56 Å². The molecule has 0 aromatic heterocycles. The van der Waals surface area contributed by atoms with Gasteiger partial charge in [-0.3, -0.25) is 4.79 Å².